The Bertz CT molecular complexity index is 331. The van der Waals surface area contributed by atoms with E-state index in [1.54, 1.807) is 11.3 Å². The van der Waals surface area contributed by atoms with E-state index >= 15 is 0 Å². The molecule has 0 spiro atoms. The van der Waals surface area contributed by atoms with E-state index in [2.05, 4.69) is 24.1 Å². The molecule has 4 heteroatoms. The first-order valence-corrected chi connectivity index (χ1v) is 6.25. The lowest BCUT2D eigenvalue weighted by molar-refractivity contribution is 0.0166. The van der Waals surface area contributed by atoms with Gasteiger partial charge in [-0.25, -0.2) is 4.98 Å². The Labute approximate surface area is 94.9 Å². The zero-order chi connectivity index (χ0) is 10.9. The molecule has 0 bridgehead atoms. The summed E-state index contributed by atoms with van der Waals surface area (Å²) in [6.45, 7) is 5.16. The van der Waals surface area contributed by atoms with Crippen LogP contribution in [0.3, 0.4) is 0 Å². The third-order valence-electron chi connectivity index (χ3n) is 3.05. The Kier molecular flexibility index (Phi) is 3.09. The molecule has 2 rings (SSSR count). The fraction of sp³-hybridized carbons (Fsp3) is 0.727. The summed E-state index contributed by atoms with van der Waals surface area (Å²) in [5.74, 6) is 0. The van der Waals surface area contributed by atoms with Gasteiger partial charge in [0.1, 0.15) is 10.6 Å². The first kappa shape index (κ1) is 11.0. The maximum absolute atomic E-state index is 5.78. The molecule has 1 saturated heterocycles. The van der Waals surface area contributed by atoms with Crippen LogP contribution in [0.5, 0.6) is 0 Å². The number of nitrogens with one attached hydrogen (secondary N) is 1. The Morgan fingerprint density at radius 2 is 2.47 bits per heavy atom. The zero-order valence-electron chi connectivity index (χ0n) is 9.54. The van der Waals surface area contributed by atoms with Crippen molar-refractivity contribution in [1.82, 2.24) is 10.3 Å². The highest BCUT2D eigenvalue weighted by atomic mass is 32.1. The quantitative estimate of drug-likeness (QED) is 0.859. The van der Waals surface area contributed by atoms with Gasteiger partial charge >= 0.3 is 0 Å². The van der Waals surface area contributed by atoms with Crippen LogP contribution in [0, 0.1) is 0 Å². The Morgan fingerprint density at radius 1 is 1.67 bits per heavy atom. The normalized spacial score (nSPS) is 28.2. The molecular formula is C11H18N2OS. The van der Waals surface area contributed by atoms with E-state index in [-0.39, 0.29) is 5.60 Å². The summed E-state index contributed by atoms with van der Waals surface area (Å²) in [6.07, 6.45) is 4.20. The lowest BCUT2D eigenvalue weighted by Gasteiger charge is -2.19. The molecule has 1 aromatic heterocycles. The Morgan fingerprint density at radius 3 is 3.07 bits per heavy atom. The minimum atomic E-state index is -0.129. The first-order chi connectivity index (χ1) is 7.15. The number of aromatic nitrogens is 1. The molecule has 1 fully saturated rings. The van der Waals surface area contributed by atoms with Crippen LogP contribution in [0.1, 0.15) is 42.6 Å². The van der Waals surface area contributed by atoms with Crippen LogP contribution in [-0.2, 0) is 10.3 Å². The summed E-state index contributed by atoms with van der Waals surface area (Å²) in [7, 11) is 1.97. The van der Waals surface area contributed by atoms with E-state index < -0.39 is 0 Å². The van der Waals surface area contributed by atoms with E-state index in [4.69, 9.17) is 4.74 Å². The Balaban J connectivity index is 2.19. The molecule has 2 heterocycles. The molecule has 2 unspecified atom stereocenters. The Hall–Kier alpha value is -0.450. The second-order valence-corrected chi connectivity index (χ2v) is 5.32. The van der Waals surface area contributed by atoms with E-state index in [0.29, 0.717) is 6.04 Å². The number of rotatable bonds is 3. The van der Waals surface area contributed by atoms with Crippen molar-refractivity contribution in [3.63, 3.8) is 0 Å². The van der Waals surface area contributed by atoms with Gasteiger partial charge in [0.25, 0.3) is 0 Å². The molecule has 3 nitrogen and oxygen atoms in total. The van der Waals surface area contributed by atoms with Crippen LogP contribution < -0.4 is 5.32 Å². The predicted octanol–water partition coefficient (Wildman–Crippen LogP) is 2.45. The maximum Gasteiger partial charge on any atom is 0.125 e. The van der Waals surface area contributed by atoms with Gasteiger partial charge in [-0.15, -0.1) is 11.3 Å². The minimum absolute atomic E-state index is 0.129. The largest absolute Gasteiger partial charge is 0.368 e. The fourth-order valence-electron chi connectivity index (χ4n) is 1.82. The molecular weight excluding hydrogens is 208 g/mol. The van der Waals surface area contributed by atoms with Gasteiger partial charge in [0.05, 0.1) is 0 Å². The molecule has 0 radical (unpaired) electrons. The number of thiazole rings is 1. The molecule has 0 aliphatic carbocycles. The summed E-state index contributed by atoms with van der Waals surface area (Å²) in [6, 6.07) is 0.376. The summed E-state index contributed by atoms with van der Waals surface area (Å²) < 4.78 is 5.78. The second kappa shape index (κ2) is 4.20. The van der Waals surface area contributed by atoms with E-state index in [1.807, 2.05) is 13.2 Å². The number of hydrogen-bond acceptors (Lipinski definition) is 4. The molecule has 1 aliphatic heterocycles. The fourth-order valence-corrected chi connectivity index (χ4v) is 2.93. The van der Waals surface area contributed by atoms with Gasteiger partial charge < -0.3 is 10.1 Å². The molecule has 0 aromatic carbocycles. The monoisotopic (exact) mass is 226 g/mol. The average Bonchev–Trinajstić information content (AvgIpc) is 2.85. The summed E-state index contributed by atoms with van der Waals surface area (Å²) in [5, 5.41) is 4.35. The van der Waals surface area contributed by atoms with Crippen molar-refractivity contribution in [1.29, 1.82) is 0 Å². The van der Waals surface area contributed by atoms with Crippen molar-refractivity contribution in [3.8, 4) is 0 Å². The van der Waals surface area contributed by atoms with Gasteiger partial charge in [-0.1, -0.05) is 0 Å². The molecule has 1 aromatic rings. The van der Waals surface area contributed by atoms with Crippen LogP contribution >= 0.6 is 11.3 Å². The lowest BCUT2D eigenvalue weighted by atomic mass is 10.0. The number of ether oxygens (including phenoxy) is 1. The first-order valence-electron chi connectivity index (χ1n) is 5.43. The third kappa shape index (κ3) is 2.07. The maximum atomic E-state index is 5.78. The van der Waals surface area contributed by atoms with Crippen LogP contribution in [0.4, 0.5) is 0 Å². The van der Waals surface area contributed by atoms with Crippen molar-refractivity contribution in [2.45, 2.75) is 38.3 Å². The zero-order valence-corrected chi connectivity index (χ0v) is 10.4. The van der Waals surface area contributed by atoms with Gasteiger partial charge in [-0.3, -0.25) is 0 Å². The highest BCUT2D eigenvalue weighted by Gasteiger charge is 2.34. The molecule has 0 saturated carbocycles. The van der Waals surface area contributed by atoms with E-state index in [1.165, 1.54) is 4.88 Å². The van der Waals surface area contributed by atoms with Crippen LogP contribution in [-0.4, -0.2) is 18.6 Å². The molecule has 0 amide bonds. The summed E-state index contributed by atoms with van der Waals surface area (Å²) in [4.78, 5) is 5.77. The highest BCUT2D eigenvalue weighted by molar-refractivity contribution is 7.11. The summed E-state index contributed by atoms with van der Waals surface area (Å²) >= 11 is 1.76. The van der Waals surface area contributed by atoms with Crippen LogP contribution in [0.15, 0.2) is 6.20 Å². The van der Waals surface area contributed by atoms with E-state index in [9.17, 15) is 0 Å². The number of hydrogen-bond donors (Lipinski definition) is 1. The van der Waals surface area contributed by atoms with Crippen molar-refractivity contribution in [3.05, 3.63) is 16.1 Å². The average molecular weight is 226 g/mol. The molecule has 2 atom stereocenters. The second-order valence-electron chi connectivity index (χ2n) is 4.26. The smallest absolute Gasteiger partial charge is 0.125 e. The highest BCUT2D eigenvalue weighted by Crippen LogP contribution is 2.38. The van der Waals surface area contributed by atoms with Crippen molar-refractivity contribution >= 4 is 11.3 Å². The lowest BCUT2D eigenvalue weighted by Crippen LogP contribution is -2.19. The minimum Gasteiger partial charge on any atom is -0.368 e. The summed E-state index contributed by atoms with van der Waals surface area (Å²) in [5.41, 5.74) is -0.129. The van der Waals surface area contributed by atoms with Gasteiger partial charge in [-0.2, -0.15) is 0 Å². The van der Waals surface area contributed by atoms with Crippen molar-refractivity contribution < 1.29 is 4.74 Å². The van der Waals surface area contributed by atoms with Gasteiger partial charge in [0.2, 0.25) is 0 Å². The van der Waals surface area contributed by atoms with Gasteiger partial charge in [0, 0.05) is 23.7 Å². The molecule has 1 aliphatic rings. The van der Waals surface area contributed by atoms with Crippen LogP contribution in [0.25, 0.3) is 0 Å². The molecule has 1 N–H and O–H groups in total. The van der Waals surface area contributed by atoms with E-state index in [0.717, 1.165) is 24.5 Å². The SMILES string of the molecule is CNC(C)c1cnc(C2(C)CCCO2)s1. The van der Waals surface area contributed by atoms with Crippen molar-refractivity contribution in [2.24, 2.45) is 0 Å². The topological polar surface area (TPSA) is 34.2 Å². The van der Waals surface area contributed by atoms with Crippen LogP contribution in [0.2, 0.25) is 0 Å². The standard InChI is InChI=1S/C11H18N2OS/c1-8(12-3)9-7-13-10(15-9)11(2)5-4-6-14-11/h7-8,12H,4-6H2,1-3H3. The predicted molar refractivity (Wildman–Crippen MR) is 62.1 cm³/mol. The number of nitrogens with zero attached hydrogens (tertiary/aromatic N) is 1. The van der Waals surface area contributed by atoms with Gasteiger partial charge in [-0.05, 0) is 33.7 Å². The molecule has 15 heavy (non-hydrogen) atoms. The van der Waals surface area contributed by atoms with Crippen molar-refractivity contribution in [2.75, 3.05) is 13.7 Å². The van der Waals surface area contributed by atoms with Gasteiger partial charge in [0.15, 0.2) is 0 Å². The third-order valence-corrected chi connectivity index (χ3v) is 4.48. The molecule has 84 valence electrons.